The summed E-state index contributed by atoms with van der Waals surface area (Å²) < 4.78 is 6.64. The van der Waals surface area contributed by atoms with Gasteiger partial charge in [-0.1, -0.05) is 18.2 Å². The fourth-order valence-electron chi connectivity index (χ4n) is 1.36. The maximum Gasteiger partial charge on any atom is 0.272 e. The summed E-state index contributed by atoms with van der Waals surface area (Å²) in [5, 5.41) is 3.46. The molecule has 1 aromatic heterocycles. The summed E-state index contributed by atoms with van der Waals surface area (Å²) in [4.78, 5) is 11.0. The van der Waals surface area contributed by atoms with E-state index in [9.17, 15) is 4.79 Å². The molecule has 0 aliphatic carbocycles. The van der Waals surface area contributed by atoms with Crippen LogP contribution in [0, 0.1) is 0 Å². The van der Waals surface area contributed by atoms with Gasteiger partial charge in [-0.3, -0.25) is 4.79 Å². The molecule has 82 valence electrons. The molecular weight excluding hydrogens is 228 g/mol. The average molecular weight is 237 g/mol. The van der Waals surface area contributed by atoms with Gasteiger partial charge in [-0.25, -0.2) is 4.68 Å². The highest BCUT2D eigenvalue weighted by atomic mass is 35.5. The molecular formula is C11H9ClN2O2. The molecule has 16 heavy (non-hydrogen) atoms. The first kappa shape index (κ1) is 10.7. The number of carbonyl (C=O) groups excluding carboxylic acids is 1. The predicted molar refractivity (Wildman–Crippen MR) is 60.3 cm³/mol. The second-order valence-electron chi connectivity index (χ2n) is 3.09. The summed E-state index contributed by atoms with van der Waals surface area (Å²) in [5.41, 5.74) is 0.978. The molecule has 1 aromatic carbocycles. The minimum atomic E-state index is -0.604. The van der Waals surface area contributed by atoms with Crippen LogP contribution in [0.15, 0.2) is 36.4 Å². The van der Waals surface area contributed by atoms with Crippen molar-refractivity contribution in [2.24, 2.45) is 0 Å². The monoisotopic (exact) mass is 236 g/mol. The van der Waals surface area contributed by atoms with E-state index in [4.69, 9.17) is 16.3 Å². The van der Waals surface area contributed by atoms with Gasteiger partial charge in [0.1, 0.15) is 5.69 Å². The van der Waals surface area contributed by atoms with E-state index in [1.165, 1.54) is 17.9 Å². The number of halogens is 1. The molecule has 0 radical (unpaired) electrons. The lowest BCUT2D eigenvalue weighted by molar-refractivity contribution is 0.107. The predicted octanol–water partition coefficient (Wildman–Crippen LogP) is 2.26. The van der Waals surface area contributed by atoms with Gasteiger partial charge >= 0.3 is 0 Å². The first-order valence-electron chi connectivity index (χ1n) is 4.61. The Morgan fingerprint density at radius 2 is 2.06 bits per heavy atom. The Morgan fingerprint density at radius 1 is 1.38 bits per heavy atom. The first-order chi connectivity index (χ1) is 7.72. The van der Waals surface area contributed by atoms with Crippen LogP contribution in [0.1, 0.15) is 10.5 Å². The maximum absolute atomic E-state index is 11.0. The molecule has 0 saturated carbocycles. The molecule has 0 bridgehead atoms. The molecule has 0 aliphatic rings. The van der Waals surface area contributed by atoms with Gasteiger partial charge in [-0.15, -0.1) is 0 Å². The fraction of sp³-hybridized carbons (Fsp3) is 0.0909. The number of methoxy groups -OCH3 is 1. The van der Waals surface area contributed by atoms with Crippen molar-refractivity contribution in [3.63, 3.8) is 0 Å². The Balaban J connectivity index is 2.52. The Bertz CT molecular complexity index is 508. The average Bonchev–Trinajstić information content (AvgIpc) is 2.74. The van der Waals surface area contributed by atoms with Crippen molar-refractivity contribution in [1.29, 1.82) is 0 Å². The molecule has 4 nitrogen and oxygen atoms in total. The largest absolute Gasteiger partial charge is 0.481 e. The van der Waals surface area contributed by atoms with Crippen LogP contribution in [0.2, 0.25) is 0 Å². The quantitative estimate of drug-likeness (QED) is 0.768. The van der Waals surface area contributed by atoms with Gasteiger partial charge in [0.25, 0.3) is 5.24 Å². The van der Waals surface area contributed by atoms with E-state index in [2.05, 4.69) is 5.10 Å². The zero-order valence-corrected chi connectivity index (χ0v) is 9.31. The third kappa shape index (κ3) is 1.92. The number of carbonyl (C=O) groups is 1. The van der Waals surface area contributed by atoms with E-state index in [1.807, 2.05) is 30.3 Å². The standard InChI is InChI=1S/C11H9ClN2O2/c1-16-10-7-9(11(12)15)13-14(10)8-5-3-2-4-6-8/h2-7H,1H3. The van der Waals surface area contributed by atoms with Crippen LogP contribution in [0.3, 0.4) is 0 Å². The molecule has 2 rings (SSSR count). The van der Waals surface area contributed by atoms with Gasteiger partial charge in [0.15, 0.2) is 0 Å². The van der Waals surface area contributed by atoms with E-state index < -0.39 is 5.24 Å². The summed E-state index contributed by atoms with van der Waals surface area (Å²) in [7, 11) is 1.51. The van der Waals surface area contributed by atoms with Crippen LogP contribution in [0.4, 0.5) is 0 Å². The zero-order chi connectivity index (χ0) is 11.5. The van der Waals surface area contributed by atoms with Gasteiger partial charge in [0.2, 0.25) is 5.88 Å². The molecule has 2 aromatic rings. The number of ether oxygens (including phenoxy) is 1. The minimum Gasteiger partial charge on any atom is -0.481 e. The number of aromatic nitrogens is 2. The van der Waals surface area contributed by atoms with Crippen molar-refractivity contribution in [2.75, 3.05) is 7.11 Å². The number of rotatable bonds is 3. The summed E-state index contributed by atoms with van der Waals surface area (Å²) >= 11 is 5.36. The van der Waals surface area contributed by atoms with Crippen molar-refractivity contribution < 1.29 is 9.53 Å². The molecule has 0 fully saturated rings. The van der Waals surface area contributed by atoms with E-state index in [1.54, 1.807) is 0 Å². The zero-order valence-electron chi connectivity index (χ0n) is 8.55. The lowest BCUT2D eigenvalue weighted by atomic mass is 10.3. The fourth-order valence-corrected chi connectivity index (χ4v) is 1.45. The molecule has 0 unspecified atom stereocenters. The van der Waals surface area contributed by atoms with Crippen LogP contribution in [-0.2, 0) is 0 Å². The number of benzene rings is 1. The maximum atomic E-state index is 11.0. The van der Waals surface area contributed by atoms with Crippen LogP contribution in [0.25, 0.3) is 5.69 Å². The van der Waals surface area contributed by atoms with Crippen molar-refractivity contribution >= 4 is 16.8 Å². The van der Waals surface area contributed by atoms with Crippen LogP contribution >= 0.6 is 11.6 Å². The van der Waals surface area contributed by atoms with Crippen LogP contribution in [0.5, 0.6) is 5.88 Å². The summed E-state index contributed by atoms with van der Waals surface area (Å²) in [5.74, 6) is 0.468. The Kier molecular flexibility index (Phi) is 2.92. The van der Waals surface area contributed by atoms with Gasteiger partial charge in [0, 0.05) is 6.07 Å². The molecule has 0 saturated heterocycles. The van der Waals surface area contributed by atoms with Gasteiger partial charge in [-0.05, 0) is 23.7 Å². The van der Waals surface area contributed by atoms with Gasteiger partial charge in [-0.2, -0.15) is 5.10 Å². The third-order valence-corrected chi connectivity index (χ3v) is 2.28. The molecule has 0 N–H and O–H groups in total. The Morgan fingerprint density at radius 3 is 2.62 bits per heavy atom. The molecule has 1 heterocycles. The van der Waals surface area contributed by atoms with Gasteiger partial charge in [0.05, 0.1) is 12.8 Å². The summed E-state index contributed by atoms with van der Waals surface area (Å²) in [6, 6.07) is 10.9. The molecule has 0 amide bonds. The molecule has 0 spiro atoms. The van der Waals surface area contributed by atoms with E-state index in [-0.39, 0.29) is 5.69 Å². The highest BCUT2D eigenvalue weighted by molar-refractivity contribution is 6.67. The van der Waals surface area contributed by atoms with E-state index in [0.717, 1.165) is 5.69 Å². The molecule has 0 aliphatic heterocycles. The van der Waals surface area contributed by atoms with Crippen molar-refractivity contribution in [3.05, 3.63) is 42.1 Å². The van der Waals surface area contributed by atoms with Crippen molar-refractivity contribution in [2.45, 2.75) is 0 Å². The topological polar surface area (TPSA) is 44.1 Å². The highest BCUT2D eigenvalue weighted by Gasteiger charge is 2.13. The van der Waals surface area contributed by atoms with Crippen LogP contribution < -0.4 is 4.74 Å². The van der Waals surface area contributed by atoms with Crippen LogP contribution in [-0.4, -0.2) is 22.1 Å². The molecule has 5 heteroatoms. The second-order valence-corrected chi connectivity index (χ2v) is 3.44. The Labute approximate surface area is 97.4 Å². The first-order valence-corrected chi connectivity index (χ1v) is 4.99. The number of nitrogens with zero attached hydrogens (tertiary/aromatic N) is 2. The van der Waals surface area contributed by atoms with Crippen molar-refractivity contribution in [3.8, 4) is 11.6 Å². The minimum absolute atomic E-state index is 0.169. The highest BCUT2D eigenvalue weighted by Crippen LogP contribution is 2.19. The SMILES string of the molecule is COc1cc(C(=O)Cl)nn1-c1ccccc1. The summed E-state index contributed by atoms with van der Waals surface area (Å²) in [6.07, 6.45) is 0. The normalized spacial score (nSPS) is 10.1. The summed E-state index contributed by atoms with van der Waals surface area (Å²) in [6.45, 7) is 0. The lowest BCUT2D eigenvalue weighted by Gasteiger charge is -2.04. The molecule has 0 atom stereocenters. The van der Waals surface area contributed by atoms with E-state index in [0.29, 0.717) is 5.88 Å². The number of para-hydroxylation sites is 1. The van der Waals surface area contributed by atoms with Crippen molar-refractivity contribution in [1.82, 2.24) is 9.78 Å². The second kappa shape index (κ2) is 4.37. The van der Waals surface area contributed by atoms with E-state index >= 15 is 0 Å². The van der Waals surface area contributed by atoms with Gasteiger partial charge < -0.3 is 4.74 Å². The number of hydrogen-bond donors (Lipinski definition) is 0. The third-order valence-electron chi connectivity index (χ3n) is 2.09. The smallest absolute Gasteiger partial charge is 0.272 e. The number of hydrogen-bond acceptors (Lipinski definition) is 3. The Hall–Kier alpha value is -1.81. The lowest BCUT2D eigenvalue weighted by Crippen LogP contribution is -2.00.